The van der Waals surface area contributed by atoms with Crippen molar-refractivity contribution < 1.29 is 18.0 Å². The van der Waals surface area contributed by atoms with Crippen LogP contribution in [-0.2, 0) is 26.0 Å². The third kappa shape index (κ3) is 5.03. The predicted molar refractivity (Wildman–Crippen MR) is 97.8 cm³/mol. The Labute approximate surface area is 154 Å². The highest BCUT2D eigenvalue weighted by molar-refractivity contribution is 7.89. The third-order valence-corrected chi connectivity index (χ3v) is 6.23. The number of hydrogen-bond donors (Lipinski definition) is 2. The summed E-state index contributed by atoms with van der Waals surface area (Å²) in [6.07, 6.45) is 1.93. The predicted octanol–water partition coefficient (Wildman–Crippen LogP) is -0.453. The highest BCUT2D eigenvalue weighted by atomic mass is 32.2. The summed E-state index contributed by atoms with van der Waals surface area (Å²) < 4.78 is 26.9. The van der Waals surface area contributed by atoms with E-state index < -0.39 is 15.9 Å². The van der Waals surface area contributed by atoms with Gasteiger partial charge in [0.15, 0.2) is 0 Å². The van der Waals surface area contributed by atoms with Crippen LogP contribution in [0.2, 0.25) is 0 Å². The molecule has 26 heavy (non-hydrogen) atoms. The van der Waals surface area contributed by atoms with Crippen LogP contribution in [0.4, 0.5) is 0 Å². The number of amides is 2. The molecule has 1 aliphatic heterocycles. The van der Waals surface area contributed by atoms with Crippen LogP contribution in [0.1, 0.15) is 18.9 Å². The number of hydrogen-bond acceptors (Lipinski definition) is 5. The van der Waals surface area contributed by atoms with Crippen molar-refractivity contribution in [1.29, 1.82) is 0 Å². The van der Waals surface area contributed by atoms with Crippen LogP contribution in [-0.4, -0.2) is 68.7 Å². The maximum atomic E-state index is 12.7. The Morgan fingerprint density at radius 3 is 2.27 bits per heavy atom. The van der Waals surface area contributed by atoms with Crippen molar-refractivity contribution in [2.45, 2.75) is 24.7 Å². The molecule has 0 unspecified atom stereocenters. The minimum Gasteiger partial charge on any atom is -0.346 e. The summed E-state index contributed by atoms with van der Waals surface area (Å²) in [6.45, 7) is 2.84. The molecular formula is C17H26N4O4S. The molecule has 144 valence electrons. The second kappa shape index (κ2) is 9.11. The Hall–Kier alpha value is -1.97. The first-order valence-corrected chi connectivity index (χ1v) is 10.2. The summed E-state index contributed by atoms with van der Waals surface area (Å²) in [4.78, 5) is 25.0. The zero-order valence-electron chi connectivity index (χ0n) is 15.0. The van der Waals surface area contributed by atoms with E-state index >= 15 is 0 Å². The highest BCUT2D eigenvalue weighted by Gasteiger charge is 2.30. The molecular weight excluding hydrogens is 356 g/mol. The normalized spacial score (nSPS) is 15.7. The first kappa shape index (κ1) is 20.3. The molecule has 8 nitrogen and oxygen atoms in total. The van der Waals surface area contributed by atoms with Gasteiger partial charge in [-0.2, -0.15) is 4.31 Å². The fourth-order valence-corrected chi connectivity index (χ4v) is 4.22. The quantitative estimate of drug-likeness (QED) is 0.663. The van der Waals surface area contributed by atoms with E-state index in [2.05, 4.69) is 12.2 Å². The summed E-state index contributed by atoms with van der Waals surface area (Å²) in [6, 6.07) is 6.97. The van der Waals surface area contributed by atoms with E-state index in [0.717, 1.165) is 18.4 Å². The molecule has 0 atom stereocenters. The number of rotatable bonds is 7. The monoisotopic (exact) mass is 382 g/mol. The zero-order chi connectivity index (χ0) is 19.2. The van der Waals surface area contributed by atoms with Crippen LogP contribution in [0.3, 0.4) is 0 Å². The number of sulfonamides is 1. The topological polar surface area (TPSA) is 113 Å². The maximum Gasteiger partial charge on any atom is 0.243 e. The molecule has 0 spiro atoms. The Balaban J connectivity index is 1.93. The van der Waals surface area contributed by atoms with Gasteiger partial charge in [0.25, 0.3) is 0 Å². The van der Waals surface area contributed by atoms with Crippen molar-refractivity contribution in [3.63, 3.8) is 0 Å². The molecule has 0 aromatic heterocycles. The molecule has 1 aromatic rings. The second-order valence-corrected chi connectivity index (χ2v) is 8.10. The van der Waals surface area contributed by atoms with E-state index in [-0.39, 0.29) is 37.0 Å². The molecule has 2 rings (SSSR count). The molecule has 1 heterocycles. The largest absolute Gasteiger partial charge is 0.346 e. The molecule has 0 radical (unpaired) electrons. The fourth-order valence-electron chi connectivity index (χ4n) is 2.80. The lowest BCUT2D eigenvalue weighted by molar-refractivity contribution is -0.133. The average Bonchev–Trinajstić information content (AvgIpc) is 2.66. The summed E-state index contributed by atoms with van der Waals surface area (Å²) >= 11 is 0. The second-order valence-electron chi connectivity index (χ2n) is 6.16. The number of aryl methyl sites for hydroxylation is 1. The van der Waals surface area contributed by atoms with Gasteiger partial charge in [0, 0.05) is 26.2 Å². The minimum absolute atomic E-state index is 0.123. The Kier molecular flexibility index (Phi) is 7.13. The smallest absolute Gasteiger partial charge is 0.243 e. The van der Waals surface area contributed by atoms with E-state index in [0.29, 0.717) is 13.1 Å². The van der Waals surface area contributed by atoms with Gasteiger partial charge in [0.05, 0.1) is 18.0 Å². The van der Waals surface area contributed by atoms with Gasteiger partial charge >= 0.3 is 0 Å². The van der Waals surface area contributed by atoms with Crippen LogP contribution < -0.4 is 11.1 Å². The number of nitrogens with one attached hydrogen (secondary N) is 1. The fraction of sp³-hybridized carbons (Fsp3) is 0.529. The lowest BCUT2D eigenvalue weighted by atomic mass is 10.1. The Bertz CT molecular complexity index is 726. The summed E-state index contributed by atoms with van der Waals surface area (Å²) in [5.41, 5.74) is 6.29. The standard InChI is InChI=1S/C17H26N4O4S/c1-2-3-14-4-6-15(7-5-14)26(24,25)21-10-8-20(9-11-21)17(23)13-19-16(22)12-18/h4-7H,2-3,8-13,18H2,1H3,(H,19,22). The van der Waals surface area contributed by atoms with Crippen molar-refractivity contribution in [2.24, 2.45) is 5.73 Å². The van der Waals surface area contributed by atoms with Crippen molar-refractivity contribution >= 4 is 21.8 Å². The van der Waals surface area contributed by atoms with Gasteiger partial charge in [0.2, 0.25) is 21.8 Å². The van der Waals surface area contributed by atoms with Crippen molar-refractivity contribution in [3.8, 4) is 0 Å². The number of benzene rings is 1. The number of nitrogens with two attached hydrogens (primary N) is 1. The minimum atomic E-state index is -3.56. The average molecular weight is 382 g/mol. The van der Waals surface area contributed by atoms with E-state index in [1.165, 1.54) is 4.31 Å². The van der Waals surface area contributed by atoms with Crippen molar-refractivity contribution in [1.82, 2.24) is 14.5 Å². The molecule has 1 aliphatic rings. The molecule has 9 heteroatoms. The van der Waals surface area contributed by atoms with Crippen LogP contribution in [0, 0.1) is 0 Å². The molecule has 1 fully saturated rings. The lowest BCUT2D eigenvalue weighted by Crippen LogP contribution is -2.52. The molecule has 0 aliphatic carbocycles. The third-order valence-electron chi connectivity index (χ3n) is 4.31. The summed E-state index contributed by atoms with van der Waals surface area (Å²) in [5, 5.41) is 2.43. The first-order chi connectivity index (χ1) is 12.4. The molecule has 2 amide bonds. The number of nitrogens with zero attached hydrogens (tertiary/aromatic N) is 2. The number of carbonyl (C=O) groups is 2. The van der Waals surface area contributed by atoms with Gasteiger partial charge in [-0.05, 0) is 24.1 Å². The SMILES string of the molecule is CCCc1ccc(S(=O)(=O)N2CCN(C(=O)CNC(=O)CN)CC2)cc1. The number of carbonyl (C=O) groups excluding carboxylic acids is 2. The van der Waals surface area contributed by atoms with Gasteiger partial charge in [-0.15, -0.1) is 0 Å². The van der Waals surface area contributed by atoms with Gasteiger partial charge in [0.1, 0.15) is 0 Å². The molecule has 3 N–H and O–H groups in total. The first-order valence-electron chi connectivity index (χ1n) is 8.72. The van der Waals surface area contributed by atoms with Crippen LogP contribution in [0.15, 0.2) is 29.2 Å². The highest BCUT2D eigenvalue weighted by Crippen LogP contribution is 2.18. The van der Waals surface area contributed by atoms with Crippen LogP contribution in [0.25, 0.3) is 0 Å². The van der Waals surface area contributed by atoms with Crippen molar-refractivity contribution in [2.75, 3.05) is 39.3 Å². The van der Waals surface area contributed by atoms with E-state index in [1.807, 2.05) is 12.1 Å². The van der Waals surface area contributed by atoms with Gasteiger partial charge < -0.3 is 16.0 Å². The van der Waals surface area contributed by atoms with Gasteiger partial charge in [-0.25, -0.2) is 8.42 Å². The van der Waals surface area contributed by atoms with Gasteiger partial charge in [-0.1, -0.05) is 25.5 Å². The zero-order valence-corrected chi connectivity index (χ0v) is 15.8. The molecule has 1 saturated heterocycles. The molecule has 0 saturated carbocycles. The Morgan fingerprint density at radius 1 is 1.12 bits per heavy atom. The van der Waals surface area contributed by atoms with E-state index in [1.54, 1.807) is 17.0 Å². The van der Waals surface area contributed by atoms with Gasteiger partial charge in [-0.3, -0.25) is 9.59 Å². The summed E-state index contributed by atoms with van der Waals surface area (Å²) in [7, 11) is -3.56. The van der Waals surface area contributed by atoms with Crippen LogP contribution >= 0.6 is 0 Å². The van der Waals surface area contributed by atoms with Crippen molar-refractivity contribution in [3.05, 3.63) is 29.8 Å². The number of piperazine rings is 1. The van der Waals surface area contributed by atoms with E-state index in [4.69, 9.17) is 5.73 Å². The lowest BCUT2D eigenvalue weighted by Gasteiger charge is -2.34. The maximum absolute atomic E-state index is 12.7. The summed E-state index contributed by atoms with van der Waals surface area (Å²) in [5.74, 6) is -0.640. The molecule has 0 bridgehead atoms. The Morgan fingerprint density at radius 2 is 1.73 bits per heavy atom. The molecule has 1 aromatic carbocycles. The van der Waals surface area contributed by atoms with E-state index in [9.17, 15) is 18.0 Å². The van der Waals surface area contributed by atoms with Crippen LogP contribution in [0.5, 0.6) is 0 Å².